The summed E-state index contributed by atoms with van der Waals surface area (Å²) in [5.41, 5.74) is 0. The van der Waals surface area contributed by atoms with E-state index >= 15 is 0 Å². The Morgan fingerprint density at radius 3 is 2.58 bits per heavy atom. The van der Waals surface area contributed by atoms with E-state index in [1.807, 2.05) is 11.8 Å². The third-order valence-corrected chi connectivity index (χ3v) is 5.55. The minimum atomic E-state index is -0.185. The van der Waals surface area contributed by atoms with E-state index in [9.17, 15) is 9.90 Å². The molecule has 3 fully saturated rings. The zero-order valence-corrected chi connectivity index (χ0v) is 12.7. The van der Waals surface area contributed by atoms with Crippen molar-refractivity contribution in [2.24, 2.45) is 0 Å². The molecular formula is C13H23ClN2O2S. The van der Waals surface area contributed by atoms with E-state index < -0.39 is 0 Å². The SMILES string of the molecule is Cl.O=C(CC1CSCCN1)N1C2CCC1CC(O)C2. The van der Waals surface area contributed by atoms with Crippen LogP contribution in [0.4, 0.5) is 0 Å². The van der Waals surface area contributed by atoms with Gasteiger partial charge < -0.3 is 15.3 Å². The number of aliphatic hydroxyl groups excluding tert-OH is 1. The van der Waals surface area contributed by atoms with Gasteiger partial charge in [-0.3, -0.25) is 4.79 Å². The average Bonchev–Trinajstić information content (AvgIpc) is 2.63. The molecule has 3 atom stereocenters. The average molecular weight is 307 g/mol. The fraction of sp³-hybridized carbons (Fsp3) is 0.923. The first kappa shape index (κ1) is 15.4. The summed E-state index contributed by atoms with van der Waals surface area (Å²) in [6, 6.07) is 0.965. The van der Waals surface area contributed by atoms with Gasteiger partial charge in [-0.05, 0) is 25.7 Å². The second-order valence-corrected chi connectivity index (χ2v) is 6.89. The van der Waals surface area contributed by atoms with Gasteiger partial charge in [0.15, 0.2) is 0 Å². The van der Waals surface area contributed by atoms with Crippen LogP contribution in [0, 0.1) is 0 Å². The topological polar surface area (TPSA) is 52.6 Å². The van der Waals surface area contributed by atoms with Crippen LogP contribution in [0.15, 0.2) is 0 Å². The zero-order chi connectivity index (χ0) is 12.5. The molecule has 3 aliphatic heterocycles. The molecule has 2 bridgehead atoms. The Bertz CT molecular complexity index is 312. The van der Waals surface area contributed by atoms with Gasteiger partial charge in [-0.15, -0.1) is 12.4 Å². The third kappa shape index (κ3) is 3.38. The van der Waals surface area contributed by atoms with Crippen LogP contribution in [0.3, 0.4) is 0 Å². The molecule has 0 aromatic heterocycles. The molecule has 110 valence electrons. The van der Waals surface area contributed by atoms with Gasteiger partial charge in [-0.1, -0.05) is 0 Å². The summed E-state index contributed by atoms with van der Waals surface area (Å²) in [5, 5.41) is 13.2. The number of aliphatic hydroxyl groups is 1. The number of hydrogen-bond donors (Lipinski definition) is 2. The molecule has 3 heterocycles. The summed E-state index contributed by atoms with van der Waals surface area (Å²) in [6.45, 7) is 1.02. The van der Waals surface area contributed by atoms with E-state index in [0.717, 1.165) is 43.7 Å². The van der Waals surface area contributed by atoms with Crippen molar-refractivity contribution >= 4 is 30.1 Å². The number of fused-ring (bicyclic) bond motifs is 2. The Morgan fingerprint density at radius 1 is 1.32 bits per heavy atom. The molecule has 3 aliphatic rings. The number of rotatable bonds is 2. The number of amides is 1. The Balaban J connectivity index is 0.00000133. The molecule has 0 aliphatic carbocycles. The molecule has 3 saturated heterocycles. The lowest BCUT2D eigenvalue weighted by atomic mass is 9.99. The molecule has 19 heavy (non-hydrogen) atoms. The predicted octanol–water partition coefficient (Wildman–Crippen LogP) is 1.02. The van der Waals surface area contributed by atoms with E-state index in [0.29, 0.717) is 30.5 Å². The first-order valence-electron chi connectivity index (χ1n) is 7.04. The molecule has 0 saturated carbocycles. The second kappa shape index (κ2) is 6.66. The smallest absolute Gasteiger partial charge is 0.224 e. The number of carbonyl (C=O) groups is 1. The third-order valence-electron chi connectivity index (χ3n) is 4.42. The van der Waals surface area contributed by atoms with Gasteiger partial charge in [0, 0.05) is 42.6 Å². The maximum Gasteiger partial charge on any atom is 0.224 e. The summed E-state index contributed by atoms with van der Waals surface area (Å²) in [6.07, 6.45) is 4.19. The number of thioether (sulfide) groups is 1. The lowest BCUT2D eigenvalue weighted by Gasteiger charge is -2.38. The fourth-order valence-corrected chi connectivity index (χ4v) is 4.57. The molecule has 4 nitrogen and oxygen atoms in total. The Morgan fingerprint density at radius 2 is 2.00 bits per heavy atom. The van der Waals surface area contributed by atoms with Gasteiger partial charge in [0.05, 0.1) is 6.10 Å². The van der Waals surface area contributed by atoms with Gasteiger partial charge in [0.1, 0.15) is 0 Å². The number of nitrogens with zero attached hydrogens (tertiary/aromatic N) is 1. The van der Waals surface area contributed by atoms with Crippen molar-refractivity contribution in [3.05, 3.63) is 0 Å². The van der Waals surface area contributed by atoms with E-state index in [1.165, 1.54) is 0 Å². The quantitative estimate of drug-likeness (QED) is 0.800. The largest absolute Gasteiger partial charge is 0.393 e. The Labute approximate surface area is 125 Å². The highest BCUT2D eigenvalue weighted by atomic mass is 35.5. The molecule has 0 aromatic carbocycles. The lowest BCUT2D eigenvalue weighted by Crippen LogP contribution is -2.50. The molecule has 1 amide bonds. The highest BCUT2D eigenvalue weighted by Gasteiger charge is 2.42. The van der Waals surface area contributed by atoms with E-state index in [-0.39, 0.29) is 18.5 Å². The van der Waals surface area contributed by atoms with Gasteiger partial charge in [0.2, 0.25) is 5.91 Å². The van der Waals surface area contributed by atoms with Gasteiger partial charge >= 0.3 is 0 Å². The first-order chi connectivity index (χ1) is 8.74. The monoisotopic (exact) mass is 306 g/mol. The van der Waals surface area contributed by atoms with Crippen LogP contribution in [0.5, 0.6) is 0 Å². The van der Waals surface area contributed by atoms with E-state index in [2.05, 4.69) is 10.2 Å². The van der Waals surface area contributed by atoms with Crippen molar-refractivity contribution < 1.29 is 9.90 Å². The molecular weight excluding hydrogens is 284 g/mol. The molecule has 3 unspecified atom stereocenters. The predicted molar refractivity (Wildman–Crippen MR) is 79.9 cm³/mol. The van der Waals surface area contributed by atoms with Crippen molar-refractivity contribution in [3.63, 3.8) is 0 Å². The van der Waals surface area contributed by atoms with Crippen LogP contribution >= 0.6 is 24.2 Å². The Hall–Kier alpha value is 0.0300. The molecule has 0 spiro atoms. The minimum Gasteiger partial charge on any atom is -0.393 e. The van der Waals surface area contributed by atoms with Gasteiger partial charge in [-0.2, -0.15) is 11.8 Å². The highest BCUT2D eigenvalue weighted by molar-refractivity contribution is 7.99. The van der Waals surface area contributed by atoms with Crippen molar-refractivity contribution in [1.29, 1.82) is 0 Å². The lowest BCUT2D eigenvalue weighted by molar-refractivity contribution is -0.137. The molecule has 6 heteroatoms. The summed E-state index contributed by atoms with van der Waals surface area (Å²) in [5.74, 6) is 2.51. The molecule has 3 rings (SSSR count). The number of carbonyl (C=O) groups excluding carboxylic acids is 1. The normalized spacial score (nSPS) is 37.8. The molecule has 0 aromatic rings. The maximum atomic E-state index is 12.4. The summed E-state index contributed by atoms with van der Waals surface area (Å²) >= 11 is 1.94. The van der Waals surface area contributed by atoms with Crippen molar-refractivity contribution in [3.8, 4) is 0 Å². The van der Waals surface area contributed by atoms with E-state index in [1.54, 1.807) is 0 Å². The number of piperidine rings is 1. The summed E-state index contributed by atoms with van der Waals surface area (Å²) in [7, 11) is 0. The standard InChI is InChI=1S/C13H22N2O2S.ClH/c16-12-6-10-1-2-11(7-12)15(10)13(17)5-9-8-18-4-3-14-9;/h9-12,14,16H,1-8H2;1H. The summed E-state index contributed by atoms with van der Waals surface area (Å²) in [4.78, 5) is 14.5. The second-order valence-electron chi connectivity index (χ2n) is 5.74. The van der Waals surface area contributed by atoms with Crippen LogP contribution in [0.2, 0.25) is 0 Å². The Kier molecular flexibility index (Phi) is 5.40. The van der Waals surface area contributed by atoms with Crippen LogP contribution in [0.1, 0.15) is 32.1 Å². The fourth-order valence-electron chi connectivity index (χ4n) is 3.62. The van der Waals surface area contributed by atoms with Crippen LogP contribution < -0.4 is 5.32 Å². The number of halogens is 1. The number of nitrogens with one attached hydrogen (secondary N) is 1. The molecule has 2 N–H and O–H groups in total. The zero-order valence-electron chi connectivity index (χ0n) is 11.1. The first-order valence-corrected chi connectivity index (χ1v) is 8.20. The van der Waals surface area contributed by atoms with Crippen LogP contribution in [-0.4, -0.2) is 58.2 Å². The van der Waals surface area contributed by atoms with E-state index in [4.69, 9.17) is 0 Å². The van der Waals surface area contributed by atoms with Crippen molar-refractivity contribution in [2.75, 3.05) is 18.1 Å². The highest BCUT2D eigenvalue weighted by Crippen LogP contribution is 2.36. The van der Waals surface area contributed by atoms with Crippen LogP contribution in [0.25, 0.3) is 0 Å². The van der Waals surface area contributed by atoms with Gasteiger partial charge in [-0.25, -0.2) is 0 Å². The molecule has 0 radical (unpaired) electrons. The van der Waals surface area contributed by atoms with Crippen molar-refractivity contribution in [1.82, 2.24) is 10.2 Å². The summed E-state index contributed by atoms with van der Waals surface area (Å²) < 4.78 is 0. The van der Waals surface area contributed by atoms with Gasteiger partial charge in [0.25, 0.3) is 0 Å². The van der Waals surface area contributed by atoms with Crippen LogP contribution in [-0.2, 0) is 4.79 Å². The maximum absolute atomic E-state index is 12.4. The number of hydrogen-bond acceptors (Lipinski definition) is 4. The van der Waals surface area contributed by atoms with Crippen molar-refractivity contribution in [2.45, 2.75) is 56.3 Å². The minimum absolute atomic E-state index is 0.